The summed E-state index contributed by atoms with van der Waals surface area (Å²) >= 11 is 5.88. The lowest BCUT2D eigenvalue weighted by Crippen LogP contribution is -2.24. The zero-order chi connectivity index (χ0) is 24.7. The van der Waals surface area contributed by atoms with Crippen LogP contribution in [0.2, 0.25) is 5.15 Å². The van der Waals surface area contributed by atoms with E-state index < -0.39 is 12.0 Å². The summed E-state index contributed by atoms with van der Waals surface area (Å²) < 4.78 is 1.41. The number of aliphatic hydroxyl groups excluding tert-OH is 1. The number of aromatic carboxylic acids is 1. The van der Waals surface area contributed by atoms with Gasteiger partial charge in [-0.25, -0.2) is 14.8 Å². The van der Waals surface area contributed by atoms with Crippen molar-refractivity contribution in [3.63, 3.8) is 0 Å². The number of nitrogens with zero attached hydrogens (tertiary/aromatic N) is 4. The molecule has 1 aromatic carbocycles. The van der Waals surface area contributed by atoms with Crippen LogP contribution in [0.5, 0.6) is 0 Å². The van der Waals surface area contributed by atoms with Gasteiger partial charge in [0, 0.05) is 30.9 Å². The number of hydrogen-bond acceptors (Lipinski definition) is 7. The summed E-state index contributed by atoms with van der Waals surface area (Å²) in [6.45, 7) is 2.85. The Morgan fingerprint density at radius 3 is 2.51 bits per heavy atom. The first kappa shape index (κ1) is 22.8. The van der Waals surface area contributed by atoms with Crippen LogP contribution in [0.1, 0.15) is 45.7 Å². The van der Waals surface area contributed by atoms with Crippen LogP contribution >= 0.6 is 11.6 Å². The van der Waals surface area contributed by atoms with Crippen molar-refractivity contribution < 1.29 is 15.0 Å². The van der Waals surface area contributed by atoms with E-state index in [1.165, 1.54) is 27.7 Å². The van der Waals surface area contributed by atoms with Crippen molar-refractivity contribution in [2.45, 2.75) is 32.7 Å². The lowest BCUT2D eigenvalue weighted by Gasteiger charge is -2.21. The van der Waals surface area contributed by atoms with Gasteiger partial charge in [0.05, 0.1) is 18.3 Å². The van der Waals surface area contributed by atoms with Crippen LogP contribution in [0, 0.1) is 0 Å². The standard InChI is InChI=1S/C25H22ClN5O4/c1-14(27-19-6-7-20(26)28-23(19)25(34)35)18-8-15(13-32)10-31-22(33)9-21(29-24(18)31)30-11-16-4-2-3-5-17(16)12-30/h2-10,14,27,32H,11-13H2,1H3,(H,34,35)/t14-/m1/s1. The summed E-state index contributed by atoms with van der Waals surface area (Å²) in [6, 6.07) is 13.9. The third-order valence-corrected chi connectivity index (χ3v) is 6.29. The van der Waals surface area contributed by atoms with Crippen molar-refractivity contribution in [2.75, 3.05) is 10.2 Å². The van der Waals surface area contributed by atoms with Gasteiger partial charge in [-0.1, -0.05) is 35.9 Å². The lowest BCUT2D eigenvalue weighted by molar-refractivity contribution is 0.0691. The number of pyridine rings is 2. The van der Waals surface area contributed by atoms with E-state index in [1.807, 2.05) is 24.0 Å². The molecule has 3 N–H and O–H groups in total. The normalized spacial score (nSPS) is 13.6. The summed E-state index contributed by atoms with van der Waals surface area (Å²) in [7, 11) is 0. The zero-order valence-corrected chi connectivity index (χ0v) is 19.5. The van der Waals surface area contributed by atoms with Crippen LogP contribution in [-0.2, 0) is 19.7 Å². The molecule has 0 fully saturated rings. The van der Waals surface area contributed by atoms with Crippen molar-refractivity contribution in [3.05, 3.63) is 98.2 Å². The molecule has 0 aliphatic carbocycles. The van der Waals surface area contributed by atoms with Crippen LogP contribution in [-0.4, -0.2) is 30.6 Å². The second-order valence-electron chi connectivity index (χ2n) is 8.43. The molecule has 10 heteroatoms. The Morgan fingerprint density at radius 2 is 1.86 bits per heavy atom. The predicted molar refractivity (Wildman–Crippen MR) is 132 cm³/mol. The second-order valence-corrected chi connectivity index (χ2v) is 8.82. The van der Waals surface area contributed by atoms with Gasteiger partial charge in [-0.2, -0.15) is 0 Å². The molecule has 35 heavy (non-hydrogen) atoms. The molecule has 5 rings (SSSR count). The predicted octanol–water partition coefficient (Wildman–Crippen LogP) is 3.63. The van der Waals surface area contributed by atoms with E-state index in [0.717, 1.165) is 0 Å². The molecular formula is C25H22ClN5O4. The Morgan fingerprint density at radius 1 is 1.14 bits per heavy atom. The maximum Gasteiger partial charge on any atom is 0.356 e. The molecule has 0 saturated carbocycles. The molecule has 9 nitrogen and oxygen atoms in total. The van der Waals surface area contributed by atoms with E-state index in [0.29, 0.717) is 35.7 Å². The maximum absolute atomic E-state index is 13.1. The first-order valence-electron chi connectivity index (χ1n) is 11.0. The molecule has 3 aromatic heterocycles. The molecule has 0 radical (unpaired) electrons. The van der Waals surface area contributed by atoms with Crippen LogP contribution in [0.25, 0.3) is 5.65 Å². The molecule has 0 spiro atoms. The van der Waals surface area contributed by atoms with E-state index in [4.69, 9.17) is 16.6 Å². The highest BCUT2D eigenvalue weighted by Gasteiger charge is 2.23. The Balaban J connectivity index is 1.58. The number of aliphatic hydroxyl groups is 1. The fourth-order valence-corrected chi connectivity index (χ4v) is 4.51. The summed E-state index contributed by atoms with van der Waals surface area (Å²) in [5, 5.41) is 22.5. The highest BCUT2D eigenvalue weighted by atomic mass is 35.5. The molecule has 0 bridgehead atoms. The average Bonchev–Trinajstić information content (AvgIpc) is 3.29. The van der Waals surface area contributed by atoms with Crippen molar-refractivity contribution >= 4 is 34.7 Å². The maximum atomic E-state index is 13.1. The summed E-state index contributed by atoms with van der Waals surface area (Å²) in [6.07, 6.45) is 1.57. The Kier molecular flexibility index (Phi) is 5.88. The molecule has 178 valence electrons. The Labute approximate surface area is 205 Å². The van der Waals surface area contributed by atoms with E-state index >= 15 is 0 Å². The van der Waals surface area contributed by atoms with Crippen molar-refractivity contribution in [3.8, 4) is 0 Å². The van der Waals surface area contributed by atoms with Gasteiger partial charge in [0.1, 0.15) is 16.6 Å². The monoisotopic (exact) mass is 491 g/mol. The van der Waals surface area contributed by atoms with E-state index in [-0.39, 0.29) is 28.7 Å². The first-order chi connectivity index (χ1) is 16.8. The molecular weight excluding hydrogens is 470 g/mol. The quantitative estimate of drug-likeness (QED) is 0.350. The van der Waals surface area contributed by atoms with Gasteiger partial charge in [-0.15, -0.1) is 0 Å². The number of rotatable bonds is 6. The molecule has 1 atom stereocenters. The Bertz CT molecular complexity index is 1500. The van der Waals surface area contributed by atoms with Crippen LogP contribution in [0.3, 0.4) is 0 Å². The topological polar surface area (TPSA) is 120 Å². The van der Waals surface area contributed by atoms with Crippen LogP contribution < -0.4 is 15.8 Å². The van der Waals surface area contributed by atoms with Crippen LogP contribution in [0.4, 0.5) is 11.5 Å². The smallest absolute Gasteiger partial charge is 0.356 e. The van der Waals surface area contributed by atoms with Crippen LogP contribution in [0.15, 0.2) is 59.5 Å². The summed E-state index contributed by atoms with van der Waals surface area (Å²) in [4.78, 5) is 35.5. The largest absolute Gasteiger partial charge is 0.476 e. The van der Waals surface area contributed by atoms with Gasteiger partial charge in [0.15, 0.2) is 5.69 Å². The molecule has 0 unspecified atom stereocenters. The zero-order valence-electron chi connectivity index (χ0n) is 18.8. The molecule has 0 amide bonds. The number of benzene rings is 1. The SMILES string of the molecule is C[C@@H](Nc1ccc(Cl)nc1C(=O)O)c1cc(CO)cn2c(=O)cc(N3Cc4ccccc4C3)nc12. The fraction of sp³-hybridized carbons (Fsp3) is 0.200. The van der Waals surface area contributed by atoms with Crippen molar-refractivity contribution in [2.24, 2.45) is 0 Å². The van der Waals surface area contributed by atoms with Gasteiger partial charge < -0.3 is 20.4 Å². The van der Waals surface area contributed by atoms with Crippen molar-refractivity contribution in [1.29, 1.82) is 0 Å². The highest BCUT2D eigenvalue weighted by molar-refractivity contribution is 6.29. The Hall–Kier alpha value is -3.95. The van der Waals surface area contributed by atoms with Gasteiger partial charge in [-0.3, -0.25) is 9.20 Å². The van der Waals surface area contributed by atoms with E-state index in [2.05, 4.69) is 22.4 Å². The minimum absolute atomic E-state index is 0.0674. The number of halogens is 1. The summed E-state index contributed by atoms with van der Waals surface area (Å²) in [5.41, 5.74) is 3.73. The van der Waals surface area contributed by atoms with E-state index in [1.54, 1.807) is 18.3 Å². The third-order valence-electron chi connectivity index (χ3n) is 6.08. The van der Waals surface area contributed by atoms with Crippen molar-refractivity contribution in [1.82, 2.24) is 14.4 Å². The number of carbonyl (C=O) groups is 1. The van der Waals surface area contributed by atoms with Gasteiger partial charge in [0.25, 0.3) is 5.56 Å². The number of nitrogens with one attached hydrogen (secondary N) is 1. The first-order valence-corrected chi connectivity index (χ1v) is 11.4. The molecule has 4 aromatic rings. The minimum atomic E-state index is -1.22. The van der Waals surface area contributed by atoms with Gasteiger partial charge in [-0.05, 0) is 41.8 Å². The molecule has 1 aliphatic rings. The summed E-state index contributed by atoms with van der Waals surface area (Å²) in [5.74, 6) is -0.669. The minimum Gasteiger partial charge on any atom is -0.476 e. The fourth-order valence-electron chi connectivity index (χ4n) is 4.36. The highest BCUT2D eigenvalue weighted by Crippen LogP contribution is 2.29. The number of carboxylic acids is 1. The number of aromatic nitrogens is 3. The number of carboxylic acid groups (broad SMARTS) is 1. The molecule has 1 aliphatic heterocycles. The number of anilines is 2. The molecule has 4 heterocycles. The number of hydrogen-bond donors (Lipinski definition) is 3. The average molecular weight is 492 g/mol. The lowest BCUT2D eigenvalue weighted by atomic mass is 10.1. The van der Waals surface area contributed by atoms with E-state index in [9.17, 15) is 19.8 Å². The third kappa shape index (κ3) is 4.31. The van der Waals surface area contributed by atoms with Gasteiger partial charge in [0.2, 0.25) is 0 Å². The number of fused-ring (bicyclic) bond motifs is 2. The second kappa shape index (κ2) is 9.01. The van der Waals surface area contributed by atoms with Gasteiger partial charge >= 0.3 is 5.97 Å². The molecule has 0 saturated heterocycles.